The summed E-state index contributed by atoms with van der Waals surface area (Å²) < 4.78 is 5.60. The van der Waals surface area contributed by atoms with E-state index in [4.69, 9.17) is 4.74 Å². The fourth-order valence-electron chi connectivity index (χ4n) is 6.67. The molecule has 0 aliphatic carbocycles. The van der Waals surface area contributed by atoms with Crippen molar-refractivity contribution in [1.82, 2.24) is 35.8 Å². The second-order valence-corrected chi connectivity index (χ2v) is 16.1. The highest BCUT2D eigenvalue weighted by Crippen LogP contribution is 2.30. The van der Waals surface area contributed by atoms with Crippen molar-refractivity contribution in [3.63, 3.8) is 0 Å². The normalized spacial score (nSPS) is 15.7. The van der Waals surface area contributed by atoms with E-state index in [0.717, 1.165) is 32.9 Å². The van der Waals surface area contributed by atoms with Crippen molar-refractivity contribution in [3.05, 3.63) is 126 Å². The Labute approximate surface area is 343 Å². The summed E-state index contributed by atoms with van der Waals surface area (Å²) in [6.45, 7) is 12.4. The van der Waals surface area contributed by atoms with Crippen molar-refractivity contribution in [3.8, 4) is 21.7 Å². The van der Waals surface area contributed by atoms with E-state index in [1.54, 1.807) is 34.4 Å². The zero-order chi connectivity index (χ0) is 41.2. The number of aromatic nitrogens is 3. The third-order valence-corrected chi connectivity index (χ3v) is 10.7. The maximum atomic E-state index is 14.1. The Morgan fingerprint density at radius 2 is 1.74 bits per heavy atom. The smallest absolute Gasteiger partial charge is 0.251 e. The van der Waals surface area contributed by atoms with Gasteiger partial charge in [0.05, 0.1) is 40.5 Å². The number of nitrogens with zero attached hydrogens (tertiary/aromatic N) is 4. The molecule has 2 aromatic heterocycles. The Hall–Kier alpha value is -5.96. The number of thiazole rings is 1. The van der Waals surface area contributed by atoms with Gasteiger partial charge < -0.3 is 36.0 Å². The van der Waals surface area contributed by atoms with Crippen LogP contribution in [-0.4, -0.2) is 87.2 Å². The molecule has 0 bridgehead atoms. The molecule has 58 heavy (non-hydrogen) atoms. The molecule has 3 aromatic carbocycles. The first-order chi connectivity index (χ1) is 27.9. The Kier molecular flexibility index (Phi) is 13.6. The van der Waals surface area contributed by atoms with Crippen molar-refractivity contribution in [2.45, 2.75) is 58.8 Å². The summed E-state index contributed by atoms with van der Waals surface area (Å²) >= 11 is 1.61. The van der Waals surface area contributed by atoms with Gasteiger partial charge in [0.1, 0.15) is 24.8 Å². The maximum absolute atomic E-state index is 14.1. The highest BCUT2D eigenvalue weighted by atomic mass is 32.1. The number of nitrogens with one attached hydrogen (secondary N) is 4. The summed E-state index contributed by atoms with van der Waals surface area (Å²) in [6.07, 6.45) is 1.07. The molecule has 3 atom stereocenters. The van der Waals surface area contributed by atoms with E-state index in [2.05, 4.69) is 54.9 Å². The van der Waals surface area contributed by atoms with Crippen LogP contribution in [0.4, 0.5) is 11.5 Å². The number of carbonyl (C=O) groups excluding carboxylic acids is 3. The topological polar surface area (TPSA) is 171 Å². The zero-order valence-corrected chi connectivity index (χ0v) is 34.0. The number of rotatable bonds is 16. The molecule has 13 nitrogen and oxygen atoms in total. The highest BCUT2D eigenvalue weighted by molar-refractivity contribution is 7.13. The summed E-state index contributed by atoms with van der Waals surface area (Å²) in [4.78, 5) is 55.9. The largest absolute Gasteiger partial charge is 0.391 e. The SMILES string of the molecule is C=C(NCc1ccc(-c2scnc2C)cc1)[C@@H]1C[C@@H](O)CN1C(=O)[C@@H](NC(=O)COCCNC(=O)c1cccc(-c2cc(Nc3ccccc3)ncn2)c1)C(C)(C)C. The third kappa shape index (κ3) is 10.9. The Morgan fingerprint density at radius 1 is 0.966 bits per heavy atom. The molecule has 0 radical (unpaired) electrons. The van der Waals surface area contributed by atoms with Gasteiger partial charge >= 0.3 is 0 Å². The molecule has 0 spiro atoms. The van der Waals surface area contributed by atoms with Crippen LogP contribution >= 0.6 is 11.3 Å². The molecule has 0 unspecified atom stereocenters. The average molecular weight is 803 g/mol. The number of likely N-dealkylation sites (tertiary alicyclic amines) is 1. The van der Waals surface area contributed by atoms with Crippen LogP contribution < -0.4 is 21.3 Å². The van der Waals surface area contributed by atoms with Gasteiger partial charge in [0.2, 0.25) is 11.8 Å². The number of aryl methyl sites for hydroxylation is 1. The van der Waals surface area contributed by atoms with Gasteiger partial charge in [-0.1, -0.05) is 81.9 Å². The molecule has 1 saturated heterocycles. The van der Waals surface area contributed by atoms with Crippen molar-refractivity contribution >= 4 is 40.6 Å². The van der Waals surface area contributed by atoms with Crippen LogP contribution in [0.1, 0.15) is 48.8 Å². The number of para-hydroxylation sites is 1. The summed E-state index contributed by atoms with van der Waals surface area (Å²) in [5.74, 6) is -0.457. The number of ether oxygens (including phenoxy) is 1. The van der Waals surface area contributed by atoms with Gasteiger partial charge in [0.15, 0.2) is 0 Å². The summed E-state index contributed by atoms with van der Waals surface area (Å²) in [7, 11) is 0. The number of anilines is 2. The Bertz CT molecular complexity index is 2210. The first-order valence-corrected chi connectivity index (χ1v) is 20.0. The molecule has 0 saturated carbocycles. The highest BCUT2D eigenvalue weighted by Gasteiger charge is 2.42. The quantitative estimate of drug-likeness (QED) is 0.0762. The van der Waals surface area contributed by atoms with Gasteiger partial charge in [-0.15, -0.1) is 11.3 Å². The standard InChI is InChI=1S/C44H50N8O5S/c1-28(46-23-30-14-16-31(17-15-30)40-29(2)49-27-58-40)37-21-35(53)24-52(37)43(56)41(44(3,4)5)51-39(54)25-57-19-18-45-42(55)33-11-9-10-32(20-33)36-22-38(48-26-47-36)50-34-12-7-6-8-13-34/h6-17,20,22,26-27,35,37,41,46,53H,1,18-19,21,23-25H2,2-5H3,(H,45,55)(H,51,54)(H,47,48,50)/t35-,37+,41-/m1/s1. The molecule has 5 aromatic rings. The van der Waals surface area contributed by atoms with Crippen LogP contribution in [0.15, 0.2) is 109 Å². The van der Waals surface area contributed by atoms with Crippen molar-refractivity contribution < 1.29 is 24.2 Å². The van der Waals surface area contributed by atoms with E-state index in [-0.39, 0.29) is 38.1 Å². The number of β-amino-alcohol motifs (C(OH)–C–C–N with tert-alkyl or cyclic N) is 1. The van der Waals surface area contributed by atoms with Gasteiger partial charge in [-0.3, -0.25) is 14.4 Å². The maximum Gasteiger partial charge on any atom is 0.251 e. The number of carbonyl (C=O) groups is 3. The van der Waals surface area contributed by atoms with Crippen molar-refractivity contribution in [1.29, 1.82) is 0 Å². The Morgan fingerprint density at radius 3 is 2.47 bits per heavy atom. The summed E-state index contributed by atoms with van der Waals surface area (Å²) in [6, 6.07) is 25.5. The van der Waals surface area contributed by atoms with E-state index in [1.807, 2.05) is 87.8 Å². The van der Waals surface area contributed by atoms with Crippen LogP contribution in [0, 0.1) is 12.3 Å². The molecule has 3 amide bonds. The number of aliphatic hydroxyl groups is 1. The van der Waals surface area contributed by atoms with Crippen LogP contribution in [-0.2, 0) is 20.9 Å². The van der Waals surface area contributed by atoms with Gasteiger partial charge in [-0.2, -0.15) is 0 Å². The number of aliphatic hydroxyl groups excluding tert-OH is 1. The molecular weight excluding hydrogens is 753 g/mol. The number of hydrogen-bond acceptors (Lipinski definition) is 11. The molecule has 1 fully saturated rings. The molecule has 6 rings (SSSR count). The lowest BCUT2D eigenvalue weighted by molar-refractivity contribution is -0.141. The monoisotopic (exact) mass is 802 g/mol. The lowest BCUT2D eigenvalue weighted by Gasteiger charge is -2.36. The number of hydrogen-bond donors (Lipinski definition) is 5. The molecule has 14 heteroatoms. The van der Waals surface area contributed by atoms with E-state index in [1.165, 1.54) is 6.33 Å². The predicted molar refractivity (Wildman–Crippen MR) is 226 cm³/mol. The van der Waals surface area contributed by atoms with Gasteiger partial charge in [0.25, 0.3) is 5.91 Å². The Balaban J connectivity index is 0.965. The predicted octanol–water partition coefficient (Wildman–Crippen LogP) is 5.86. The molecule has 5 N–H and O–H groups in total. The van der Waals surface area contributed by atoms with Crippen molar-refractivity contribution in [2.24, 2.45) is 5.41 Å². The second kappa shape index (κ2) is 19.0. The van der Waals surface area contributed by atoms with E-state index in [9.17, 15) is 19.5 Å². The van der Waals surface area contributed by atoms with Crippen LogP contribution in [0.25, 0.3) is 21.7 Å². The van der Waals surface area contributed by atoms with Gasteiger partial charge in [-0.05, 0) is 47.7 Å². The number of amides is 3. The lowest BCUT2D eigenvalue weighted by atomic mass is 9.85. The third-order valence-electron chi connectivity index (χ3n) is 9.76. The fraction of sp³-hybridized carbons (Fsp3) is 0.318. The van der Waals surface area contributed by atoms with E-state index < -0.39 is 29.5 Å². The minimum absolute atomic E-state index is 0.0763. The van der Waals surface area contributed by atoms with Crippen LogP contribution in [0.3, 0.4) is 0 Å². The van der Waals surface area contributed by atoms with Gasteiger partial charge in [-0.25, -0.2) is 15.0 Å². The van der Waals surface area contributed by atoms with Gasteiger partial charge in [0, 0.05) is 54.6 Å². The summed E-state index contributed by atoms with van der Waals surface area (Å²) in [5, 5.41) is 22.9. The molecule has 1 aliphatic heterocycles. The fourth-order valence-corrected chi connectivity index (χ4v) is 7.48. The van der Waals surface area contributed by atoms with E-state index in [0.29, 0.717) is 35.7 Å². The lowest BCUT2D eigenvalue weighted by Crippen LogP contribution is -2.57. The molecular formula is C44H50N8O5S. The molecule has 302 valence electrons. The van der Waals surface area contributed by atoms with Crippen molar-refractivity contribution in [2.75, 3.05) is 31.6 Å². The number of benzene rings is 3. The minimum Gasteiger partial charge on any atom is -0.391 e. The minimum atomic E-state index is -0.890. The molecule has 1 aliphatic rings. The first-order valence-electron chi connectivity index (χ1n) is 19.2. The zero-order valence-electron chi connectivity index (χ0n) is 33.2. The first kappa shape index (κ1) is 41.7. The summed E-state index contributed by atoms with van der Waals surface area (Å²) in [5.41, 5.74) is 7.70. The average Bonchev–Trinajstić information content (AvgIpc) is 3.84. The molecule has 3 heterocycles. The second-order valence-electron chi connectivity index (χ2n) is 15.3. The van der Waals surface area contributed by atoms with Crippen LogP contribution in [0.5, 0.6) is 0 Å². The van der Waals surface area contributed by atoms with Crippen LogP contribution in [0.2, 0.25) is 0 Å². The van der Waals surface area contributed by atoms with E-state index >= 15 is 0 Å².